The van der Waals surface area contributed by atoms with Gasteiger partial charge in [-0.3, -0.25) is 9.69 Å². The first-order valence-electron chi connectivity index (χ1n) is 13.0. The Labute approximate surface area is 239 Å². The van der Waals surface area contributed by atoms with E-state index in [0.717, 1.165) is 55.7 Å². The summed E-state index contributed by atoms with van der Waals surface area (Å²) in [6, 6.07) is 11.0. The third kappa shape index (κ3) is 5.15. The largest absolute Gasteiger partial charge is 0.366 e. The number of anilines is 1. The lowest BCUT2D eigenvalue weighted by Gasteiger charge is -2.35. The number of fused-ring (bicyclic) bond motifs is 2. The molecule has 1 aliphatic rings. The zero-order valence-corrected chi connectivity index (χ0v) is 24.8. The van der Waals surface area contributed by atoms with Gasteiger partial charge in [-0.2, -0.15) is 4.31 Å². The summed E-state index contributed by atoms with van der Waals surface area (Å²) in [4.78, 5) is 31.5. The molecule has 1 fully saturated rings. The molecule has 0 amide bonds. The lowest BCUT2D eigenvalue weighted by molar-refractivity contribution is 0.184. The Morgan fingerprint density at radius 3 is 2.62 bits per heavy atom. The molecule has 2 aromatic carbocycles. The summed E-state index contributed by atoms with van der Waals surface area (Å²) < 4.78 is 28.7. The highest BCUT2D eigenvalue weighted by Gasteiger charge is 2.29. The van der Waals surface area contributed by atoms with Crippen molar-refractivity contribution in [3.05, 3.63) is 63.1 Å². The Bertz CT molecular complexity index is 1870. The summed E-state index contributed by atoms with van der Waals surface area (Å²) in [6.45, 7) is 8.96. The van der Waals surface area contributed by atoms with E-state index in [0.29, 0.717) is 36.4 Å². The molecule has 0 saturated carbocycles. The summed E-state index contributed by atoms with van der Waals surface area (Å²) in [5.41, 5.74) is 3.60. The van der Waals surface area contributed by atoms with Crippen LogP contribution in [0.5, 0.6) is 0 Å². The molecule has 4 heterocycles. The molecule has 0 radical (unpaired) electrons. The molecule has 6 rings (SSSR count). The molecule has 1 saturated heterocycles. The Hall–Kier alpha value is -3.23. The Kier molecular flexibility index (Phi) is 7.17. The highest BCUT2D eigenvalue weighted by atomic mass is 32.2. The second-order valence-electron chi connectivity index (χ2n) is 9.99. The normalized spacial score (nSPS) is 16.1. The summed E-state index contributed by atoms with van der Waals surface area (Å²) in [5.74, 6) is 0.780. The molecule has 0 bridgehead atoms. The van der Waals surface area contributed by atoms with Gasteiger partial charge in [-0.15, -0.1) is 11.3 Å². The summed E-state index contributed by atoms with van der Waals surface area (Å²) >= 11 is 2.69. The van der Waals surface area contributed by atoms with E-state index in [9.17, 15) is 13.2 Å². The fraction of sp³-hybridized carbons (Fsp3) is 0.333. The number of H-pyrrole nitrogens is 1. The molecule has 0 unspecified atom stereocenters. The van der Waals surface area contributed by atoms with E-state index in [2.05, 4.69) is 43.1 Å². The Morgan fingerprint density at radius 1 is 1.07 bits per heavy atom. The topological polar surface area (TPSA) is 124 Å². The van der Waals surface area contributed by atoms with Crippen LogP contribution in [0.3, 0.4) is 0 Å². The monoisotopic (exact) mass is 595 g/mol. The van der Waals surface area contributed by atoms with Gasteiger partial charge in [0.05, 0.1) is 36.2 Å². The molecule has 3 aromatic heterocycles. The van der Waals surface area contributed by atoms with E-state index in [1.165, 1.54) is 4.31 Å². The van der Waals surface area contributed by atoms with E-state index in [1.807, 2.05) is 26.0 Å². The van der Waals surface area contributed by atoms with Gasteiger partial charge < -0.3 is 10.3 Å². The lowest BCUT2D eigenvalue weighted by Crippen LogP contribution is -2.50. The Morgan fingerprint density at radius 2 is 1.88 bits per heavy atom. The van der Waals surface area contributed by atoms with E-state index >= 15 is 0 Å². The van der Waals surface area contributed by atoms with Crippen molar-refractivity contribution in [2.75, 3.05) is 38.0 Å². The number of hydrogen-bond donors (Lipinski definition) is 2. The SMILES string of the molecule is Cc1nc(C)c(-c2cccc3c(N[C@@H](C)CN4CCN(S(=O)(=O)c5ccc6[nH]c(=O)sc6c5)CC4)ncnc23)s1. The predicted octanol–water partition coefficient (Wildman–Crippen LogP) is 4.08. The number of para-hydroxylation sites is 1. The number of aromatic amines is 1. The maximum atomic E-state index is 13.3. The van der Waals surface area contributed by atoms with Crippen LogP contribution in [0, 0.1) is 13.8 Å². The van der Waals surface area contributed by atoms with Crippen LogP contribution in [0.15, 0.2) is 52.4 Å². The number of benzene rings is 2. The number of thiazole rings is 2. The van der Waals surface area contributed by atoms with Crippen molar-refractivity contribution in [1.29, 1.82) is 0 Å². The van der Waals surface area contributed by atoms with Crippen LogP contribution < -0.4 is 10.2 Å². The minimum Gasteiger partial charge on any atom is -0.366 e. The van der Waals surface area contributed by atoms with Crippen molar-refractivity contribution in [3.8, 4) is 10.4 Å². The van der Waals surface area contributed by atoms with Gasteiger partial charge in [-0.05, 0) is 45.0 Å². The Balaban J connectivity index is 1.12. The number of rotatable bonds is 7. The molecule has 0 aliphatic carbocycles. The van der Waals surface area contributed by atoms with Crippen molar-refractivity contribution >= 4 is 59.6 Å². The van der Waals surface area contributed by atoms with Crippen LogP contribution in [0.2, 0.25) is 0 Å². The van der Waals surface area contributed by atoms with Crippen molar-refractivity contribution in [3.63, 3.8) is 0 Å². The van der Waals surface area contributed by atoms with Crippen LogP contribution in [0.1, 0.15) is 17.6 Å². The van der Waals surface area contributed by atoms with Gasteiger partial charge >= 0.3 is 4.87 Å². The fourth-order valence-corrected chi connectivity index (χ4v) is 8.47. The van der Waals surface area contributed by atoms with Gasteiger partial charge in [0.2, 0.25) is 10.0 Å². The van der Waals surface area contributed by atoms with Gasteiger partial charge in [0.15, 0.2) is 0 Å². The first-order valence-corrected chi connectivity index (χ1v) is 16.1. The number of aromatic nitrogens is 4. The number of aryl methyl sites for hydroxylation is 2. The molecule has 40 heavy (non-hydrogen) atoms. The second kappa shape index (κ2) is 10.6. The van der Waals surface area contributed by atoms with E-state index in [1.54, 1.807) is 35.9 Å². The quantitative estimate of drug-likeness (QED) is 0.289. The number of nitrogens with zero attached hydrogens (tertiary/aromatic N) is 5. The summed E-state index contributed by atoms with van der Waals surface area (Å²) in [7, 11) is -3.64. The van der Waals surface area contributed by atoms with Crippen molar-refractivity contribution in [1.82, 2.24) is 29.1 Å². The number of nitrogens with one attached hydrogen (secondary N) is 2. The van der Waals surface area contributed by atoms with Crippen LogP contribution in [-0.4, -0.2) is 76.3 Å². The van der Waals surface area contributed by atoms with E-state index in [4.69, 9.17) is 0 Å². The first-order chi connectivity index (χ1) is 19.2. The first kappa shape index (κ1) is 27.0. The van der Waals surface area contributed by atoms with Crippen molar-refractivity contribution in [2.45, 2.75) is 31.7 Å². The molecule has 1 aliphatic heterocycles. The predicted molar refractivity (Wildman–Crippen MR) is 161 cm³/mol. The van der Waals surface area contributed by atoms with Crippen LogP contribution in [0.25, 0.3) is 31.6 Å². The fourth-order valence-electron chi connectivity index (χ4n) is 5.22. The molecule has 0 spiro atoms. The lowest BCUT2D eigenvalue weighted by atomic mass is 10.1. The standard InChI is InChI=1S/C27H29N7O3S3/c1-16(30-26-21-6-4-5-20(24(21)28-15-29-26)25-17(2)31-18(3)38-25)14-33-9-11-34(12-10-33)40(36,37)19-7-8-22-23(13-19)39-27(35)32-22/h4-8,13,15-16H,9-12,14H2,1-3H3,(H,32,35)(H,28,29,30)/t16-/m0/s1. The molecule has 1 atom stereocenters. The highest BCUT2D eigenvalue weighted by molar-refractivity contribution is 7.89. The van der Waals surface area contributed by atoms with E-state index in [-0.39, 0.29) is 15.8 Å². The number of hydrogen-bond acceptors (Lipinski definition) is 10. The zero-order chi connectivity index (χ0) is 28.0. The molecule has 10 nitrogen and oxygen atoms in total. The zero-order valence-electron chi connectivity index (χ0n) is 22.3. The molecular weight excluding hydrogens is 567 g/mol. The van der Waals surface area contributed by atoms with Crippen LogP contribution in [0.4, 0.5) is 5.82 Å². The van der Waals surface area contributed by atoms with Gasteiger partial charge in [0.1, 0.15) is 12.1 Å². The molecule has 2 N–H and O–H groups in total. The van der Waals surface area contributed by atoms with Gasteiger partial charge in [0, 0.05) is 49.7 Å². The highest BCUT2D eigenvalue weighted by Crippen LogP contribution is 2.35. The average Bonchev–Trinajstić information content (AvgIpc) is 3.47. The molecule has 5 aromatic rings. The van der Waals surface area contributed by atoms with Crippen molar-refractivity contribution in [2.24, 2.45) is 0 Å². The maximum Gasteiger partial charge on any atom is 0.305 e. The third-order valence-electron chi connectivity index (χ3n) is 7.09. The minimum absolute atomic E-state index is 0.0797. The smallest absolute Gasteiger partial charge is 0.305 e. The summed E-state index contributed by atoms with van der Waals surface area (Å²) in [6.07, 6.45) is 1.59. The van der Waals surface area contributed by atoms with Gasteiger partial charge in [0.25, 0.3) is 0 Å². The average molecular weight is 596 g/mol. The molecule has 13 heteroatoms. The maximum absolute atomic E-state index is 13.3. The van der Waals surface area contributed by atoms with Crippen molar-refractivity contribution < 1.29 is 8.42 Å². The van der Waals surface area contributed by atoms with E-state index < -0.39 is 10.0 Å². The minimum atomic E-state index is -3.64. The summed E-state index contributed by atoms with van der Waals surface area (Å²) in [5, 5.41) is 5.54. The van der Waals surface area contributed by atoms with Crippen LogP contribution in [-0.2, 0) is 10.0 Å². The molecule has 208 valence electrons. The van der Waals surface area contributed by atoms with Gasteiger partial charge in [-0.1, -0.05) is 23.5 Å². The van der Waals surface area contributed by atoms with Crippen LogP contribution >= 0.6 is 22.7 Å². The second-order valence-corrected chi connectivity index (χ2v) is 14.1. The molecular formula is C27H29N7O3S3. The van der Waals surface area contributed by atoms with Gasteiger partial charge in [-0.25, -0.2) is 23.4 Å². The number of piperazine rings is 1. The number of sulfonamides is 1. The third-order valence-corrected chi connectivity index (χ3v) is 10.9.